The summed E-state index contributed by atoms with van der Waals surface area (Å²) in [5.41, 5.74) is 0.837. The summed E-state index contributed by atoms with van der Waals surface area (Å²) in [4.78, 5) is 23.7. The molecule has 0 saturated heterocycles. The average molecular weight is 375 g/mol. The predicted molar refractivity (Wildman–Crippen MR) is 98.0 cm³/mol. The van der Waals surface area contributed by atoms with Gasteiger partial charge < -0.3 is 29.0 Å². The highest BCUT2D eigenvalue weighted by molar-refractivity contribution is 6.07. The number of carbonyl (C=O) groups excluding carboxylic acids is 2. The van der Waals surface area contributed by atoms with E-state index >= 15 is 0 Å². The van der Waals surface area contributed by atoms with Crippen LogP contribution in [0.5, 0.6) is 23.0 Å². The maximum atomic E-state index is 12.6. The smallest absolute Gasteiger partial charge is 0.343 e. The lowest BCUT2D eigenvalue weighted by Gasteiger charge is -2.15. The van der Waals surface area contributed by atoms with Gasteiger partial charge in [-0.05, 0) is 36.4 Å². The third kappa shape index (κ3) is 4.81. The summed E-state index contributed by atoms with van der Waals surface area (Å²) >= 11 is 0. The molecular formula is C19H21NO7. The Morgan fingerprint density at radius 3 is 2.07 bits per heavy atom. The van der Waals surface area contributed by atoms with Crippen LogP contribution < -0.4 is 24.3 Å². The summed E-state index contributed by atoms with van der Waals surface area (Å²) in [5, 5.41) is 2.76. The van der Waals surface area contributed by atoms with Crippen LogP contribution in [0.2, 0.25) is 0 Å². The number of amides is 1. The fourth-order valence-corrected chi connectivity index (χ4v) is 2.31. The van der Waals surface area contributed by atoms with Crippen molar-refractivity contribution in [1.82, 2.24) is 0 Å². The van der Waals surface area contributed by atoms with Gasteiger partial charge in [-0.2, -0.15) is 0 Å². The zero-order chi connectivity index (χ0) is 19.8. The molecule has 0 unspecified atom stereocenters. The van der Waals surface area contributed by atoms with Gasteiger partial charge in [0, 0.05) is 5.69 Å². The molecule has 27 heavy (non-hydrogen) atoms. The molecule has 0 atom stereocenters. The predicted octanol–water partition coefficient (Wildman–Crippen LogP) is 2.52. The quantitative estimate of drug-likeness (QED) is 0.709. The van der Waals surface area contributed by atoms with Crippen molar-refractivity contribution in [3.8, 4) is 23.0 Å². The van der Waals surface area contributed by atoms with Gasteiger partial charge in [-0.25, -0.2) is 4.79 Å². The topological polar surface area (TPSA) is 92.3 Å². The van der Waals surface area contributed by atoms with Gasteiger partial charge in [0.05, 0.1) is 34.0 Å². The SMILES string of the molecule is COC(=O)COc1ccc(NC(=O)c2ccc(OC)c(OC)c2OC)cc1. The summed E-state index contributed by atoms with van der Waals surface area (Å²) in [6.45, 7) is -0.189. The molecule has 8 heteroatoms. The minimum Gasteiger partial charge on any atom is -0.493 e. The van der Waals surface area contributed by atoms with Crippen molar-refractivity contribution in [2.45, 2.75) is 0 Å². The van der Waals surface area contributed by atoms with Crippen molar-refractivity contribution >= 4 is 17.6 Å². The number of ether oxygens (including phenoxy) is 5. The molecule has 0 heterocycles. The lowest BCUT2D eigenvalue weighted by atomic mass is 10.1. The monoisotopic (exact) mass is 375 g/mol. The molecule has 0 spiro atoms. The lowest BCUT2D eigenvalue weighted by Crippen LogP contribution is -2.14. The van der Waals surface area contributed by atoms with Crippen LogP contribution in [-0.4, -0.2) is 46.9 Å². The highest BCUT2D eigenvalue weighted by atomic mass is 16.6. The maximum Gasteiger partial charge on any atom is 0.343 e. The fourth-order valence-electron chi connectivity index (χ4n) is 2.31. The van der Waals surface area contributed by atoms with Gasteiger partial charge in [-0.1, -0.05) is 0 Å². The normalized spacial score (nSPS) is 9.93. The number of anilines is 1. The zero-order valence-electron chi connectivity index (χ0n) is 15.5. The van der Waals surface area contributed by atoms with Crippen LogP contribution in [0.4, 0.5) is 5.69 Å². The van der Waals surface area contributed by atoms with Crippen LogP contribution >= 0.6 is 0 Å². The van der Waals surface area contributed by atoms with E-state index in [0.717, 1.165) is 0 Å². The van der Waals surface area contributed by atoms with Crippen molar-refractivity contribution in [2.75, 3.05) is 40.4 Å². The summed E-state index contributed by atoms with van der Waals surface area (Å²) < 4.78 is 25.6. The number of carbonyl (C=O) groups is 2. The molecule has 2 rings (SSSR count). The Balaban J connectivity index is 2.14. The highest BCUT2D eigenvalue weighted by Crippen LogP contribution is 2.39. The summed E-state index contributed by atoms with van der Waals surface area (Å²) in [7, 11) is 5.70. The molecular weight excluding hydrogens is 354 g/mol. The summed E-state index contributed by atoms with van der Waals surface area (Å²) in [6, 6.07) is 9.77. The van der Waals surface area contributed by atoms with E-state index < -0.39 is 5.97 Å². The van der Waals surface area contributed by atoms with E-state index in [1.165, 1.54) is 28.4 Å². The fraction of sp³-hybridized carbons (Fsp3) is 0.263. The largest absolute Gasteiger partial charge is 0.493 e. The minimum atomic E-state index is -0.479. The third-order valence-corrected chi connectivity index (χ3v) is 3.65. The number of hydrogen-bond acceptors (Lipinski definition) is 7. The molecule has 2 aromatic rings. The van der Waals surface area contributed by atoms with Crippen molar-refractivity contribution < 1.29 is 33.3 Å². The van der Waals surface area contributed by atoms with Crippen LogP contribution in [-0.2, 0) is 9.53 Å². The molecule has 0 radical (unpaired) electrons. The van der Waals surface area contributed by atoms with Gasteiger partial charge in [-0.15, -0.1) is 0 Å². The van der Waals surface area contributed by atoms with E-state index in [0.29, 0.717) is 28.5 Å². The van der Waals surface area contributed by atoms with Crippen molar-refractivity contribution in [1.29, 1.82) is 0 Å². The number of methoxy groups -OCH3 is 4. The van der Waals surface area contributed by atoms with Crippen LogP contribution in [0, 0.1) is 0 Å². The summed E-state index contributed by atoms with van der Waals surface area (Å²) in [5.74, 6) is 0.677. The van der Waals surface area contributed by atoms with Crippen LogP contribution in [0.3, 0.4) is 0 Å². The first-order chi connectivity index (χ1) is 13.0. The van der Waals surface area contributed by atoms with E-state index in [9.17, 15) is 9.59 Å². The Kier molecular flexibility index (Phi) is 6.87. The molecule has 0 aliphatic heterocycles. The number of nitrogens with one attached hydrogen (secondary N) is 1. The van der Waals surface area contributed by atoms with E-state index in [1.807, 2.05) is 0 Å². The number of benzene rings is 2. The van der Waals surface area contributed by atoms with Crippen LogP contribution in [0.1, 0.15) is 10.4 Å². The first-order valence-corrected chi connectivity index (χ1v) is 7.94. The van der Waals surface area contributed by atoms with Crippen LogP contribution in [0.15, 0.2) is 36.4 Å². The molecule has 0 bridgehead atoms. The van der Waals surface area contributed by atoms with Gasteiger partial charge in [0.25, 0.3) is 5.91 Å². The minimum absolute atomic E-state index is 0.189. The molecule has 0 fully saturated rings. The Hall–Kier alpha value is -3.42. The van der Waals surface area contributed by atoms with E-state index in [2.05, 4.69) is 10.1 Å². The number of rotatable bonds is 8. The molecule has 1 N–H and O–H groups in total. The van der Waals surface area contributed by atoms with Crippen molar-refractivity contribution in [3.63, 3.8) is 0 Å². The molecule has 1 amide bonds. The van der Waals surface area contributed by atoms with E-state index in [1.54, 1.807) is 36.4 Å². The number of hydrogen-bond donors (Lipinski definition) is 1. The number of esters is 1. The van der Waals surface area contributed by atoms with Gasteiger partial charge >= 0.3 is 5.97 Å². The van der Waals surface area contributed by atoms with Gasteiger partial charge in [0.15, 0.2) is 18.1 Å². The first-order valence-electron chi connectivity index (χ1n) is 7.94. The molecule has 144 valence electrons. The second-order valence-corrected chi connectivity index (χ2v) is 5.23. The van der Waals surface area contributed by atoms with Crippen LogP contribution in [0.25, 0.3) is 0 Å². The standard InChI is InChI=1S/C19H21NO7/c1-23-15-10-9-14(17(25-3)18(15)26-4)19(22)20-12-5-7-13(8-6-12)27-11-16(21)24-2/h5-10H,11H2,1-4H3,(H,20,22). The second-order valence-electron chi connectivity index (χ2n) is 5.23. The molecule has 0 aliphatic carbocycles. The Bertz CT molecular complexity index is 802. The zero-order valence-corrected chi connectivity index (χ0v) is 15.5. The molecule has 8 nitrogen and oxygen atoms in total. The summed E-state index contributed by atoms with van der Waals surface area (Å²) in [6.07, 6.45) is 0. The maximum absolute atomic E-state index is 12.6. The molecule has 0 aromatic heterocycles. The lowest BCUT2D eigenvalue weighted by molar-refractivity contribution is -0.142. The van der Waals surface area contributed by atoms with Crippen molar-refractivity contribution in [3.05, 3.63) is 42.0 Å². The molecule has 2 aromatic carbocycles. The van der Waals surface area contributed by atoms with E-state index in [4.69, 9.17) is 18.9 Å². The third-order valence-electron chi connectivity index (χ3n) is 3.65. The van der Waals surface area contributed by atoms with Gasteiger partial charge in [0.2, 0.25) is 5.75 Å². The molecule has 0 aliphatic rings. The van der Waals surface area contributed by atoms with Crippen molar-refractivity contribution in [2.24, 2.45) is 0 Å². The Labute approximate surface area is 156 Å². The highest BCUT2D eigenvalue weighted by Gasteiger charge is 2.20. The van der Waals surface area contributed by atoms with E-state index in [-0.39, 0.29) is 18.3 Å². The Morgan fingerprint density at radius 2 is 1.52 bits per heavy atom. The first kappa shape index (κ1) is 19.9. The van der Waals surface area contributed by atoms with Gasteiger partial charge in [0.1, 0.15) is 5.75 Å². The van der Waals surface area contributed by atoms with Gasteiger partial charge in [-0.3, -0.25) is 4.79 Å². The second kappa shape index (κ2) is 9.33. The Morgan fingerprint density at radius 1 is 0.852 bits per heavy atom. The molecule has 0 saturated carbocycles. The average Bonchev–Trinajstić information content (AvgIpc) is 2.71.